The first-order valence-electron chi connectivity index (χ1n) is 9.11. The first-order chi connectivity index (χ1) is 13.2. The van der Waals surface area contributed by atoms with Crippen LogP contribution < -0.4 is 15.4 Å². The molecule has 2 N–H and O–H groups in total. The Labute approximate surface area is 160 Å². The molecule has 0 aliphatic heterocycles. The van der Waals surface area contributed by atoms with Crippen molar-refractivity contribution in [2.45, 2.75) is 32.9 Å². The smallest absolute Gasteiger partial charge is 0.225 e. The van der Waals surface area contributed by atoms with Crippen LogP contribution in [0.15, 0.2) is 54.9 Å². The molecule has 0 aliphatic carbocycles. The summed E-state index contributed by atoms with van der Waals surface area (Å²) in [4.78, 5) is 13.5. The maximum atomic E-state index is 5.42. The van der Waals surface area contributed by atoms with Gasteiger partial charge in [-0.05, 0) is 31.5 Å². The van der Waals surface area contributed by atoms with Gasteiger partial charge in [-0.3, -0.25) is 4.98 Å². The highest BCUT2D eigenvalue weighted by Gasteiger charge is 2.10. The van der Waals surface area contributed by atoms with Crippen LogP contribution in [0.3, 0.4) is 0 Å². The lowest BCUT2D eigenvalue weighted by Gasteiger charge is -2.15. The molecular weight excluding hydrogens is 338 g/mol. The molecule has 0 spiro atoms. The number of para-hydroxylation sites is 1. The molecule has 0 fully saturated rings. The van der Waals surface area contributed by atoms with Gasteiger partial charge in [0.05, 0.1) is 12.8 Å². The van der Waals surface area contributed by atoms with E-state index in [0.29, 0.717) is 12.5 Å². The van der Waals surface area contributed by atoms with Crippen LogP contribution in [-0.2, 0) is 6.54 Å². The topological polar surface area (TPSA) is 72.0 Å². The third-order valence-electron chi connectivity index (χ3n) is 4.32. The highest BCUT2D eigenvalue weighted by atomic mass is 16.5. The number of aromatic nitrogens is 3. The maximum Gasteiger partial charge on any atom is 0.225 e. The van der Waals surface area contributed by atoms with Crippen molar-refractivity contribution in [3.05, 3.63) is 60.4 Å². The number of hydrogen-bond donors (Lipinski definition) is 2. The van der Waals surface area contributed by atoms with Crippen LogP contribution in [0, 0.1) is 0 Å². The van der Waals surface area contributed by atoms with Gasteiger partial charge in [0.2, 0.25) is 5.95 Å². The van der Waals surface area contributed by atoms with E-state index in [1.165, 1.54) is 0 Å². The molecule has 2 aromatic heterocycles. The molecule has 140 valence electrons. The molecule has 3 aromatic rings. The number of rotatable bonds is 8. The number of nitrogens with zero attached hydrogens (tertiary/aromatic N) is 3. The average Bonchev–Trinajstić information content (AvgIpc) is 2.72. The minimum atomic E-state index is 0.288. The summed E-state index contributed by atoms with van der Waals surface area (Å²) >= 11 is 0. The van der Waals surface area contributed by atoms with E-state index in [2.05, 4.69) is 39.4 Å². The lowest BCUT2D eigenvalue weighted by Crippen LogP contribution is -2.16. The molecule has 0 saturated carbocycles. The van der Waals surface area contributed by atoms with Crippen molar-refractivity contribution in [2.75, 3.05) is 17.7 Å². The Hall–Kier alpha value is -3.15. The number of ether oxygens (including phenoxy) is 1. The van der Waals surface area contributed by atoms with E-state index in [9.17, 15) is 0 Å². The molecule has 0 aliphatic rings. The van der Waals surface area contributed by atoms with Gasteiger partial charge < -0.3 is 15.4 Å². The van der Waals surface area contributed by atoms with Gasteiger partial charge in [0.15, 0.2) is 0 Å². The molecule has 6 heteroatoms. The second kappa shape index (κ2) is 8.98. The van der Waals surface area contributed by atoms with Crippen molar-refractivity contribution < 1.29 is 4.74 Å². The summed E-state index contributed by atoms with van der Waals surface area (Å²) < 4.78 is 5.42. The van der Waals surface area contributed by atoms with Gasteiger partial charge in [-0.15, -0.1) is 0 Å². The number of anilines is 2. The Morgan fingerprint density at radius 2 is 1.96 bits per heavy atom. The Bertz CT molecular complexity index is 869. The zero-order valence-electron chi connectivity index (χ0n) is 15.9. The number of nitrogens with one attached hydrogen (secondary N) is 2. The molecule has 2 heterocycles. The summed E-state index contributed by atoms with van der Waals surface area (Å²) in [5.41, 5.74) is 2.84. The van der Waals surface area contributed by atoms with Crippen LogP contribution in [0.5, 0.6) is 5.75 Å². The van der Waals surface area contributed by atoms with Gasteiger partial charge >= 0.3 is 0 Å². The van der Waals surface area contributed by atoms with Crippen LogP contribution in [0.1, 0.15) is 25.8 Å². The van der Waals surface area contributed by atoms with Crippen molar-refractivity contribution >= 4 is 11.8 Å². The van der Waals surface area contributed by atoms with Crippen molar-refractivity contribution in [3.63, 3.8) is 0 Å². The predicted octanol–water partition coefficient (Wildman–Crippen LogP) is 4.37. The van der Waals surface area contributed by atoms with Crippen molar-refractivity contribution in [1.29, 1.82) is 0 Å². The average molecular weight is 363 g/mol. The normalized spacial score (nSPS) is 11.7. The molecular formula is C21H25N5O. The summed E-state index contributed by atoms with van der Waals surface area (Å²) in [6, 6.07) is 14.1. The summed E-state index contributed by atoms with van der Waals surface area (Å²) in [5, 5.41) is 6.74. The molecule has 0 saturated heterocycles. The second-order valence-corrected chi connectivity index (χ2v) is 6.32. The van der Waals surface area contributed by atoms with E-state index in [0.717, 1.165) is 34.8 Å². The van der Waals surface area contributed by atoms with Gasteiger partial charge in [-0.2, -0.15) is 4.98 Å². The molecule has 0 unspecified atom stereocenters. The third-order valence-corrected chi connectivity index (χ3v) is 4.32. The van der Waals surface area contributed by atoms with E-state index >= 15 is 0 Å². The van der Waals surface area contributed by atoms with Crippen LogP contribution in [0.4, 0.5) is 11.8 Å². The number of pyridine rings is 1. The molecule has 1 aromatic carbocycles. The maximum absolute atomic E-state index is 5.42. The molecule has 0 bridgehead atoms. The SMILES string of the molecule is CC[C@@H](C)Nc1nc(NCc2ccccc2OC)cc(-c2cccnc2)n1. The van der Waals surface area contributed by atoms with Gasteiger partial charge in [-0.1, -0.05) is 25.1 Å². The minimum absolute atomic E-state index is 0.288. The van der Waals surface area contributed by atoms with Crippen molar-refractivity contribution in [1.82, 2.24) is 15.0 Å². The van der Waals surface area contributed by atoms with Gasteiger partial charge in [0.1, 0.15) is 11.6 Å². The zero-order valence-corrected chi connectivity index (χ0v) is 15.9. The van der Waals surface area contributed by atoms with Crippen LogP contribution >= 0.6 is 0 Å². The first kappa shape index (κ1) is 18.6. The van der Waals surface area contributed by atoms with Gasteiger partial charge in [0.25, 0.3) is 0 Å². The molecule has 0 radical (unpaired) electrons. The molecule has 3 rings (SSSR count). The van der Waals surface area contributed by atoms with E-state index < -0.39 is 0 Å². The first-order valence-corrected chi connectivity index (χ1v) is 9.11. The Kier molecular flexibility index (Phi) is 6.20. The molecule has 0 amide bonds. The Morgan fingerprint density at radius 1 is 1.11 bits per heavy atom. The highest BCUT2D eigenvalue weighted by molar-refractivity contribution is 5.63. The largest absolute Gasteiger partial charge is 0.496 e. The third kappa shape index (κ3) is 4.94. The van der Waals surface area contributed by atoms with Crippen LogP contribution in [0.25, 0.3) is 11.3 Å². The van der Waals surface area contributed by atoms with Crippen molar-refractivity contribution in [3.8, 4) is 17.0 Å². The molecule has 6 nitrogen and oxygen atoms in total. The summed E-state index contributed by atoms with van der Waals surface area (Å²) in [5.74, 6) is 2.21. The number of benzene rings is 1. The zero-order chi connectivity index (χ0) is 19.1. The highest BCUT2D eigenvalue weighted by Crippen LogP contribution is 2.23. The fourth-order valence-corrected chi connectivity index (χ4v) is 2.62. The van der Waals surface area contributed by atoms with Crippen LogP contribution in [-0.4, -0.2) is 28.1 Å². The number of methoxy groups -OCH3 is 1. The fraction of sp³-hybridized carbons (Fsp3) is 0.286. The second-order valence-electron chi connectivity index (χ2n) is 6.32. The lowest BCUT2D eigenvalue weighted by molar-refractivity contribution is 0.410. The molecule has 1 atom stereocenters. The van der Waals surface area contributed by atoms with E-state index in [-0.39, 0.29) is 6.04 Å². The number of hydrogen-bond acceptors (Lipinski definition) is 6. The Morgan fingerprint density at radius 3 is 2.70 bits per heavy atom. The van der Waals surface area contributed by atoms with Gasteiger partial charge in [0, 0.05) is 42.2 Å². The predicted molar refractivity (Wildman–Crippen MR) is 109 cm³/mol. The van der Waals surface area contributed by atoms with Crippen LogP contribution in [0.2, 0.25) is 0 Å². The lowest BCUT2D eigenvalue weighted by atomic mass is 10.2. The fourth-order valence-electron chi connectivity index (χ4n) is 2.62. The molecule has 27 heavy (non-hydrogen) atoms. The summed E-state index contributed by atoms with van der Waals surface area (Å²) in [7, 11) is 1.68. The Balaban J connectivity index is 1.87. The monoisotopic (exact) mass is 363 g/mol. The van der Waals surface area contributed by atoms with E-state index in [1.807, 2.05) is 42.5 Å². The summed E-state index contributed by atoms with van der Waals surface area (Å²) in [6.45, 7) is 4.85. The van der Waals surface area contributed by atoms with Crippen molar-refractivity contribution in [2.24, 2.45) is 0 Å². The summed E-state index contributed by atoms with van der Waals surface area (Å²) in [6.07, 6.45) is 4.55. The van der Waals surface area contributed by atoms with E-state index in [4.69, 9.17) is 4.74 Å². The van der Waals surface area contributed by atoms with E-state index in [1.54, 1.807) is 19.5 Å². The standard InChI is InChI=1S/C21H25N5O/c1-4-15(2)24-21-25-18(16-9-7-11-22-13-16)12-20(26-21)23-14-17-8-5-6-10-19(17)27-3/h5-13,15H,4,14H2,1-3H3,(H2,23,24,25,26)/t15-/m1/s1. The minimum Gasteiger partial charge on any atom is -0.496 e. The van der Waals surface area contributed by atoms with Gasteiger partial charge in [-0.25, -0.2) is 4.98 Å². The quantitative estimate of drug-likeness (QED) is 0.619.